The normalized spacial score (nSPS) is 31.7. The second-order valence-electron chi connectivity index (χ2n) is 5.92. The van der Waals surface area contributed by atoms with Gasteiger partial charge in [-0.1, -0.05) is 20.3 Å². The van der Waals surface area contributed by atoms with E-state index in [0.717, 1.165) is 0 Å². The van der Waals surface area contributed by atoms with Crippen molar-refractivity contribution in [2.75, 3.05) is 6.54 Å². The molecule has 1 aliphatic heterocycles. The fourth-order valence-corrected chi connectivity index (χ4v) is 2.35. The van der Waals surface area contributed by atoms with E-state index in [2.05, 4.69) is 45.1 Å². The third-order valence-corrected chi connectivity index (χ3v) is 4.28. The predicted molar refractivity (Wildman–Crippen MR) is 70.0 cm³/mol. The minimum Gasteiger partial charge on any atom is -0.329 e. The van der Waals surface area contributed by atoms with Crippen LogP contribution < -0.4 is 11.2 Å². The Morgan fingerprint density at radius 2 is 1.81 bits per heavy atom. The number of nitrogens with zero attached hydrogens (tertiary/aromatic N) is 1. The van der Waals surface area contributed by atoms with Gasteiger partial charge in [-0.15, -0.1) is 0 Å². The maximum absolute atomic E-state index is 5.93. The number of nitrogens with two attached hydrogens (primary N) is 1. The minimum absolute atomic E-state index is 0.0138. The lowest BCUT2D eigenvalue weighted by molar-refractivity contribution is -0.00629. The van der Waals surface area contributed by atoms with Crippen molar-refractivity contribution < 1.29 is 0 Å². The molecule has 96 valence electrons. The average molecular weight is 227 g/mol. The van der Waals surface area contributed by atoms with Crippen LogP contribution in [0.3, 0.4) is 0 Å². The molecule has 16 heavy (non-hydrogen) atoms. The van der Waals surface area contributed by atoms with Gasteiger partial charge in [0.15, 0.2) is 0 Å². The topological polar surface area (TPSA) is 41.3 Å². The second-order valence-corrected chi connectivity index (χ2v) is 5.92. The highest BCUT2D eigenvalue weighted by Crippen LogP contribution is 2.24. The Kier molecular flexibility index (Phi) is 4.77. The summed E-state index contributed by atoms with van der Waals surface area (Å²) in [4.78, 5) is 0. The summed E-state index contributed by atoms with van der Waals surface area (Å²) in [5.74, 6) is 0.541. The summed E-state index contributed by atoms with van der Waals surface area (Å²) in [6, 6.07) is 1.24. The second kappa shape index (κ2) is 5.48. The van der Waals surface area contributed by atoms with Gasteiger partial charge in [0.2, 0.25) is 0 Å². The van der Waals surface area contributed by atoms with Gasteiger partial charge >= 0.3 is 0 Å². The average Bonchev–Trinajstić information content (AvgIpc) is 2.23. The molecule has 3 nitrogen and oxygen atoms in total. The van der Waals surface area contributed by atoms with E-state index >= 15 is 0 Å². The van der Waals surface area contributed by atoms with Crippen molar-refractivity contribution >= 4 is 0 Å². The largest absolute Gasteiger partial charge is 0.329 e. The molecule has 0 saturated carbocycles. The van der Waals surface area contributed by atoms with Crippen LogP contribution in [0.15, 0.2) is 0 Å². The van der Waals surface area contributed by atoms with Crippen LogP contribution in [0.1, 0.15) is 53.9 Å². The van der Waals surface area contributed by atoms with Crippen LogP contribution in [0.5, 0.6) is 0 Å². The zero-order valence-corrected chi connectivity index (χ0v) is 11.6. The quantitative estimate of drug-likeness (QED) is 0.773. The van der Waals surface area contributed by atoms with Crippen molar-refractivity contribution in [1.82, 2.24) is 10.4 Å². The number of nitrogens with one attached hydrogen (secondary N) is 1. The first kappa shape index (κ1) is 13.9. The molecule has 3 unspecified atom stereocenters. The Bertz CT molecular complexity index is 207. The number of hydrogen-bond acceptors (Lipinski definition) is 3. The first-order valence-corrected chi connectivity index (χ1v) is 6.67. The molecule has 1 rings (SSSR count). The van der Waals surface area contributed by atoms with E-state index in [4.69, 9.17) is 5.73 Å². The Morgan fingerprint density at radius 1 is 1.31 bits per heavy atom. The van der Waals surface area contributed by atoms with E-state index in [0.29, 0.717) is 24.5 Å². The SMILES string of the molecule is CC1CCCC(C)N1NC(C)(CN)C(C)C. The molecule has 0 bridgehead atoms. The molecule has 3 atom stereocenters. The zero-order chi connectivity index (χ0) is 12.3. The van der Waals surface area contributed by atoms with Crippen molar-refractivity contribution in [1.29, 1.82) is 0 Å². The molecule has 3 heteroatoms. The predicted octanol–water partition coefficient (Wildman–Crippen LogP) is 2.13. The molecule has 1 heterocycles. The van der Waals surface area contributed by atoms with Gasteiger partial charge in [0.1, 0.15) is 0 Å². The number of piperidine rings is 1. The molecule has 0 amide bonds. The first-order valence-electron chi connectivity index (χ1n) is 6.67. The molecular formula is C13H29N3. The number of hydrogen-bond donors (Lipinski definition) is 2. The van der Waals surface area contributed by atoms with Crippen LogP contribution in [-0.2, 0) is 0 Å². The molecule has 1 fully saturated rings. The summed E-state index contributed by atoms with van der Waals surface area (Å²) in [7, 11) is 0. The van der Waals surface area contributed by atoms with Crippen molar-refractivity contribution in [2.45, 2.75) is 71.5 Å². The van der Waals surface area contributed by atoms with E-state index in [9.17, 15) is 0 Å². The monoisotopic (exact) mass is 227 g/mol. The molecule has 1 aliphatic rings. The minimum atomic E-state index is 0.0138. The van der Waals surface area contributed by atoms with Gasteiger partial charge in [0, 0.05) is 24.2 Å². The molecule has 0 aromatic heterocycles. The van der Waals surface area contributed by atoms with E-state index in [1.165, 1.54) is 19.3 Å². The van der Waals surface area contributed by atoms with Gasteiger partial charge in [0.05, 0.1) is 0 Å². The van der Waals surface area contributed by atoms with Gasteiger partial charge in [-0.05, 0) is 39.5 Å². The first-order chi connectivity index (χ1) is 7.40. The highest BCUT2D eigenvalue weighted by Gasteiger charge is 2.33. The van der Waals surface area contributed by atoms with E-state index in [-0.39, 0.29) is 5.54 Å². The van der Waals surface area contributed by atoms with Crippen molar-refractivity contribution in [2.24, 2.45) is 11.7 Å². The van der Waals surface area contributed by atoms with Crippen LogP contribution in [0.2, 0.25) is 0 Å². The van der Waals surface area contributed by atoms with Crippen molar-refractivity contribution in [3.8, 4) is 0 Å². The van der Waals surface area contributed by atoms with Gasteiger partial charge in [-0.3, -0.25) is 0 Å². The van der Waals surface area contributed by atoms with Crippen LogP contribution >= 0.6 is 0 Å². The summed E-state index contributed by atoms with van der Waals surface area (Å²) in [6.07, 6.45) is 3.92. The summed E-state index contributed by atoms with van der Waals surface area (Å²) in [6.45, 7) is 12.0. The van der Waals surface area contributed by atoms with Gasteiger partial charge in [0.25, 0.3) is 0 Å². The highest BCUT2D eigenvalue weighted by molar-refractivity contribution is 4.89. The van der Waals surface area contributed by atoms with Gasteiger partial charge in [-0.25, -0.2) is 10.4 Å². The summed E-state index contributed by atoms with van der Waals surface area (Å²) in [5, 5.41) is 2.43. The fourth-order valence-electron chi connectivity index (χ4n) is 2.35. The summed E-state index contributed by atoms with van der Waals surface area (Å²) in [5.41, 5.74) is 9.63. The maximum atomic E-state index is 5.93. The van der Waals surface area contributed by atoms with Crippen LogP contribution in [0, 0.1) is 5.92 Å². The Labute approximate surface area is 101 Å². The van der Waals surface area contributed by atoms with E-state index in [1.807, 2.05) is 0 Å². The standard InChI is InChI=1S/C13H29N3/c1-10(2)13(5,9-14)15-16-11(3)7-6-8-12(16)4/h10-12,15H,6-9,14H2,1-5H3. The molecule has 3 N–H and O–H groups in total. The lowest BCUT2D eigenvalue weighted by atomic mass is 9.89. The third-order valence-electron chi connectivity index (χ3n) is 4.28. The lowest BCUT2D eigenvalue weighted by Gasteiger charge is -2.46. The fraction of sp³-hybridized carbons (Fsp3) is 1.00. The molecule has 0 spiro atoms. The molecule has 0 aliphatic carbocycles. The summed E-state index contributed by atoms with van der Waals surface area (Å²) < 4.78 is 0. The third kappa shape index (κ3) is 2.96. The molecule has 0 aromatic rings. The maximum Gasteiger partial charge on any atom is 0.0443 e. The van der Waals surface area contributed by atoms with E-state index < -0.39 is 0 Å². The highest BCUT2D eigenvalue weighted by atomic mass is 15.6. The lowest BCUT2D eigenvalue weighted by Crippen LogP contribution is -2.64. The van der Waals surface area contributed by atoms with Gasteiger partial charge < -0.3 is 5.73 Å². The van der Waals surface area contributed by atoms with Crippen molar-refractivity contribution in [3.63, 3.8) is 0 Å². The number of hydrazine groups is 1. The zero-order valence-electron chi connectivity index (χ0n) is 11.6. The van der Waals surface area contributed by atoms with Crippen molar-refractivity contribution in [3.05, 3.63) is 0 Å². The van der Waals surface area contributed by atoms with Crippen LogP contribution in [0.25, 0.3) is 0 Å². The van der Waals surface area contributed by atoms with Gasteiger partial charge in [-0.2, -0.15) is 0 Å². The number of rotatable bonds is 4. The van der Waals surface area contributed by atoms with E-state index in [1.54, 1.807) is 0 Å². The molecule has 0 radical (unpaired) electrons. The Balaban J connectivity index is 2.69. The Morgan fingerprint density at radius 3 is 2.19 bits per heavy atom. The van der Waals surface area contributed by atoms with Crippen LogP contribution in [-0.4, -0.2) is 29.2 Å². The smallest absolute Gasteiger partial charge is 0.0443 e. The Hall–Kier alpha value is -0.120. The molecule has 1 saturated heterocycles. The molecule has 0 aromatic carbocycles. The summed E-state index contributed by atoms with van der Waals surface area (Å²) >= 11 is 0. The van der Waals surface area contributed by atoms with Crippen LogP contribution in [0.4, 0.5) is 0 Å². The molecular weight excluding hydrogens is 198 g/mol.